The Hall–Kier alpha value is -1.65. The van der Waals surface area contributed by atoms with Crippen molar-refractivity contribution < 1.29 is 23.9 Å². The van der Waals surface area contributed by atoms with Gasteiger partial charge in [-0.2, -0.15) is 0 Å². The van der Waals surface area contributed by atoms with Gasteiger partial charge in [-0.05, 0) is 42.4 Å². The second-order valence-electron chi connectivity index (χ2n) is 8.72. The van der Waals surface area contributed by atoms with Crippen LogP contribution < -0.4 is 0 Å². The smallest absolute Gasteiger partial charge is 0.334 e. The lowest BCUT2D eigenvalue weighted by molar-refractivity contribution is -0.165. The van der Waals surface area contributed by atoms with Crippen molar-refractivity contribution >= 4 is 17.7 Å². The lowest BCUT2D eigenvalue weighted by atomic mass is 9.47. The average Bonchev–Trinajstić information content (AvgIpc) is 2.52. The van der Waals surface area contributed by atoms with Gasteiger partial charge in [0, 0.05) is 18.4 Å². The monoisotopic (exact) mass is 348 g/mol. The molecule has 0 unspecified atom stereocenters. The van der Waals surface area contributed by atoms with Crippen LogP contribution in [0.15, 0.2) is 11.6 Å². The fourth-order valence-electron chi connectivity index (χ4n) is 5.46. The lowest BCUT2D eigenvalue weighted by Crippen LogP contribution is -2.53. The van der Waals surface area contributed by atoms with Crippen molar-refractivity contribution in [3.05, 3.63) is 11.6 Å². The normalized spacial score (nSPS) is 36.4. The van der Waals surface area contributed by atoms with E-state index in [0.717, 1.165) is 24.8 Å². The number of ketones is 1. The number of hydrogen-bond donors (Lipinski definition) is 0. The summed E-state index contributed by atoms with van der Waals surface area (Å²) in [7, 11) is 0. The number of allylic oxidation sites excluding steroid dienone is 1. The molecule has 5 nitrogen and oxygen atoms in total. The Morgan fingerprint density at radius 3 is 2.68 bits per heavy atom. The number of hydrogen-bond acceptors (Lipinski definition) is 5. The van der Waals surface area contributed by atoms with Gasteiger partial charge >= 0.3 is 11.9 Å². The fraction of sp³-hybridized carbons (Fsp3) is 0.750. The molecule has 0 amide bonds. The Bertz CT molecular complexity index is 632. The third kappa shape index (κ3) is 3.13. The minimum absolute atomic E-state index is 0.00519. The highest BCUT2D eigenvalue weighted by atomic mass is 16.6. The molecule has 0 aromatic heterocycles. The predicted molar refractivity (Wildman–Crippen MR) is 91.6 cm³/mol. The van der Waals surface area contributed by atoms with E-state index in [2.05, 4.69) is 20.8 Å². The summed E-state index contributed by atoms with van der Waals surface area (Å²) >= 11 is 0. The van der Waals surface area contributed by atoms with Gasteiger partial charge in [-0.3, -0.25) is 9.59 Å². The summed E-state index contributed by atoms with van der Waals surface area (Å²) in [5, 5.41) is 0. The average molecular weight is 348 g/mol. The molecular weight excluding hydrogens is 320 g/mol. The zero-order valence-electron chi connectivity index (χ0n) is 15.6. The van der Waals surface area contributed by atoms with Crippen molar-refractivity contribution in [1.82, 2.24) is 0 Å². The number of esters is 2. The van der Waals surface area contributed by atoms with E-state index in [9.17, 15) is 14.4 Å². The predicted octanol–water partition coefficient (Wildman–Crippen LogP) is 3.21. The molecule has 0 N–H and O–H groups in total. The van der Waals surface area contributed by atoms with Crippen LogP contribution >= 0.6 is 0 Å². The van der Waals surface area contributed by atoms with Gasteiger partial charge in [0.05, 0.1) is 0 Å². The minimum Gasteiger partial charge on any atom is -0.458 e. The highest BCUT2D eigenvalue weighted by Crippen LogP contribution is 2.61. The summed E-state index contributed by atoms with van der Waals surface area (Å²) in [6.07, 6.45) is 6.04. The number of carbonyl (C=O) groups excluding carboxylic acids is 3. The van der Waals surface area contributed by atoms with Crippen LogP contribution in [0.2, 0.25) is 0 Å². The Balaban J connectivity index is 1.85. The minimum atomic E-state index is -0.811. The van der Waals surface area contributed by atoms with Crippen LogP contribution in [-0.4, -0.2) is 30.4 Å². The van der Waals surface area contributed by atoms with Crippen LogP contribution in [0.4, 0.5) is 0 Å². The van der Waals surface area contributed by atoms with E-state index in [1.165, 1.54) is 13.3 Å². The highest BCUT2D eigenvalue weighted by Gasteiger charge is 2.56. The van der Waals surface area contributed by atoms with Gasteiger partial charge in [0.2, 0.25) is 5.78 Å². The van der Waals surface area contributed by atoms with Crippen LogP contribution in [0, 0.1) is 22.7 Å². The van der Waals surface area contributed by atoms with Crippen LogP contribution in [-0.2, 0) is 23.9 Å². The molecule has 0 aromatic carbocycles. The first-order valence-electron chi connectivity index (χ1n) is 9.22. The molecule has 25 heavy (non-hydrogen) atoms. The summed E-state index contributed by atoms with van der Waals surface area (Å²) in [5.41, 5.74) is 0.978. The summed E-state index contributed by atoms with van der Waals surface area (Å²) in [4.78, 5) is 35.8. The van der Waals surface area contributed by atoms with Gasteiger partial charge in [-0.15, -0.1) is 0 Å². The van der Waals surface area contributed by atoms with Crippen molar-refractivity contribution in [1.29, 1.82) is 0 Å². The maximum absolute atomic E-state index is 12.5. The first-order valence-corrected chi connectivity index (χ1v) is 9.22. The summed E-state index contributed by atoms with van der Waals surface area (Å²) in [5.74, 6) is -0.672. The first kappa shape index (κ1) is 18.2. The van der Waals surface area contributed by atoms with E-state index < -0.39 is 12.1 Å². The van der Waals surface area contributed by atoms with E-state index in [4.69, 9.17) is 9.47 Å². The van der Waals surface area contributed by atoms with Crippen molar-refractivity contribution in [2.45, 2.75) is 65.9 Å². The molecule has 1 saturated carbocycles. The van der Waals surface area contributed by atoms with E-state index >= 15 is 0 Å². The maximum Gasteiger partial charge on any atom is 0.334 e. The number of rotatable bonds is 3. The van der Waals surface area contributed by atoms with E-state index in [1.54, 1.807) is 0 Å². The van der Waals surface area contributed by atoms with Crippen molar-refractivity contribution in [2.75, 3.05) is 6.61 Å². The molecule has 5 heteroatoms. The maximum atomic E-state index is 12.5. The summed E-state index contributed by atoms with van der Waals surface area (Å²) in [6.45, 7) is 7.85. The molecule has 1 aliphatic heterocycles. The van der Waals surface area contributed by atoms with E-state index in [1.807, 2.05) is 6.08 Å². The second-order valence-corrected chi connectivity index (χ2v) is 8.72. The molecule has 0 bridgehead atoms. The lowest BCUT2D eigenvalue weighted by Gasteiger charge is -2.57. The largest absolute Gasteiger partial charge is 0.458 e. The Labute approximate surface area is 149 Å². The molecule has 138 valence electrons. The van der Waals surface area contributed by atoms with E-state index in [0.29, 0.717) is 12.3 Å². The number of Topliss-reactive ketones (excluding diaryl/α,β-unsaturated/α-hetero) is 1. The first-order chi connectivity index (χ1) is 11.6. The van der Waals surface area contributed by atoms with E-state index in [-0.39, 0.29) is 35.1 Å². The van der Waals surface area contributed by atoms with Crippen LogP contribution in [0.25, 0.3) is 0 Å². The van der Waals surface area contributed by atoms with Crippen molar-refractivity contribution in [3.63, 3.8) is 0 Å². The summed E-state index contributed by atoms with van der Waals surface area (Å²) in [6, 6.07) is 0. The second kappa shape index (κ2) is 6.26. The van der Waals surface area contributed by atoms with Gasteiger partial charge < -0.3 is 9.47 Å². The van der Waals surface area contributed by atoms with Crippen LogP contribution in [0.3, 0.4) is 0 Å². The van der Waals surface area contributed by atoms with Gasteiger partial charge in [-0.25, -0.2) is 4.79 Å². The zero-order chi connectivity index (χ0) is 18.4. The number of ether oxygens (including phenoxy) is 2. The van der Waals surface area contributed by atoms with Crippen molar-refractivity contribution in [2.24, 2.45) is 22.7 Å². The number of carbonyl (C=O) groups is 3. The van der Waals surface area contributed by atoms with Gasteiger partial charge in [-0.1, -0.05) is 33.3 Å². The standard InChI is InChI=1S/C20H28O5/c1-12(21)24-11-15(22)16-10-14-13(18(23)25-16)6-7-17-19(2,3)8-5-9-20(14,17)4/h6,14,16-17H,5,7-11H2,1-4H3/t14-,16-,17-,20+/m0/s1. The highest BCUT2D eigenvalue weighted by molar-refractivity contribution is 5.95. The zero-order valence-corrected chi connectivity index (χ0v) is 15.6. The molecule has 1 heterocycles. The molecule has 2 aliphatic carbocycles. The molecular formula is C20H28O5. The Morgan fingerprint density at radius 2 is 2.00 bits per heavy atom. The van der Waals surface area contributed by atoms with Crippen LogP contribution in [0.1, 0.15) is 59.8 Å². The summed E-state index contributed by atoms with van der Waals surface area (Å²) < 4.78 is 10.2. The fourth-order valence-corrected chi connectivity index (χ4v) is 5.46. The molecule has 0 aromatic rings. The van der Waals surface area contributed by atoms with Crippen LogP contribution in [0.5, 0.6) is 0 Å². The molecule has 0 spiro atoms. The molecule has 0 radical (unpaired) electrons. The third-order valence-corrected chi connectivity index (χ3v) is 6.73. The third-order valence-electron chi connectivity index (χ3n) is 6.73. The van der Waals surface area contributed by atoms with Gasteiger partial charge in [0.25, 0.3) is 0 Å². The molecule has 3 aliphatic rings. The molecule has 3 rings (SSSR count). The number of cyclic esters (lactones) is 1. The number of fused-ring (bicyclic) bond motifs is 3. The van der Waals surface area contributed by atoms with Crippen molar-refractivity contribution in [3.8, 4) is 0 Å². The SMILES string of the molecule is CC(=O)OCC(=O)[C@@H]1C[C@H]2C(=CC[C@H]3C(C)(C)CCC[C@]23C)C(=O)O1. The molecule has 2 fully saturated rings. The Kier molecular flexibility index (Phi) is 4.54. The van der Waals surface area contributed by atoms with Gasteiger partial charge in [0.1, 0.15) is 0 Å². The Morgan fingerprint density at radius 1 is 1.28 bits per heavy atom. The topological polar surface area (TPSA) is 69.7 Å². The quantitative estimate of drug-likeness (QED) is 0.733. The molecule has 1 saturated heterocycles. The van der Waals surface area contributed by atoms with Gasteiger partial charge in [0.15, 0.2) is 12.7 Å². The molecule has 4 atom stereocenters.